The highest BCUT2D eigenvalue weighted by Crippen LogP contribution is 2.28. The molecular formula is C19H18N2O5S. The van der Waals surface area contributed by atoms with Gasteiger partial charge in [-0.05, 0) is 30.7 Å². The van der Waals surface area contributed by atoms with E-state index in [1.54, 1.807) is 43.0 Å². The van der Waals surface area contributed by atoms with Crippen molar-refractivity contribution in [3.05, 3.63) is 63.5 Å². The molecule has 8 heteroatoms. The Kier molecular flexibility index (Phi) is 5.87. The molecule has 1 aromatic carbocycles. The van der Waals surface area contributed by atoms with Crippen LogP contribution in [0, 0.1) is 0 Å². The van der Waals surface area contributed by atoms with Gasteiger partial charge in [0.05, 0.1) is 19.4 Å². The number of hydrogen-bond donors (Lipinski definition) is 0. The number of ether oxygens (including phenoxy) is 3. The molecule has 0 amide bonds. The molecule has 0 saturated heterocycles. The predicted molar refractivity (Wildman–Crippen MR) is 102 cm³/mol. The van der Waals surface area contributed by atoms with Crippen molar-refractivity contribution in [3.63, 3.8) is 0 Å². The number of hydrogen-bond acceptors (Lipinski definition) is 7. The van der Waals surface area contributed by atoms with Gasteiger partial charge in [-0.2, -0.15) is 0 Å². The minimum absolute atomic E-state index is 0.0698. The summed E-state index contributed by atoms with van der Waals surface area (Å²) in [6.07, 6.45) is 4.59. The van der Waals surface area contributed by atoms with Crippen LogP contribution in [0.2, 0.25) is 0 Å². The van der Waals surface area contributed by atoms with E-state index in [0.29, 0.717) is 28.8 Å². The summed E-state index contributed by atoms with van der Waals surface area (Å²) in [7, 11) is 1.57. The smallest absolute Gasteiger partial charge is 0.331 e. The maximum Gasteiger partial charge on any atom is 0.331 e. The summed E-state index contributed by atoms with van der Waals surface area (Å²) < 4.78 is 17.3. The van der Waals surface area contributed by atoms with E-state index in [9.17, 15) is 9.59 Å². The molecule has 0 aliphatic heterocycles. The maximum absolute atomic E-state index is 11.9. The van der Waals surface area contributed by atoms with Crippen molar-refractivity contribution in [2.75, 3.05) is 13.7 Å². The van der Waals surface area contributed by atoms with Gasteiger partial charge in [0.1, 0.15) is 6.61 Å². The van der Waals surface area contributed by atoms with Gasteiger partial charge in [-0.3, -0.25) is 9.20 Å². The Bertz CT molecular complexity index is 1040. The van der Waals surface area contributed by atoms with Crippen LogP contribution in [0.25, 0.3) is 11.0 Å². The standard InChI is InChI=1S/C19H18N2O5S/c1-3-25-16-10-13(4-6-15(16)24-2)5-7-18(23)26-12-14-11-17(22)21-8-9-27-19(21)20-14/h4-11H,3,12H2,1-2H3/b7-5+. The number of carbonyl (C=O) groups excluding carboxylic acids is 1. The number of carbonyl (C=O) groups is 1. The largest absolute Gasteiger partial charge is 0.493 e. The number of thiazole rings is 1. The molecule has 0 fully saturated rings. The quantitative estimate of drug-likeness (QED) is 0.459. The number of rotatable bonds is 7. The van der Waals surface area contributed by atoms with Gasteiger partial charge in [0.25, 0.3) is 5.56 Å². The molecule has 2 heterocycles. The number of nitrogens with zero attached hydrogens (tertiary/aromatic N) is 2. The Labute approximate surface area is 159 Å². The first-order valence-electron chi connectivity index (χ1n) is 8.22. The van der Waals surface area contributed by atoms with E-state index in [2.05, 4.69) is 4.98 Å². The van der Waals surface area contributed by atoms with Crippen molar-refractivity contribution in [2.24, 2.45) is 0 Å². The molecule has 0 aliphatic rings. The molecule has 27 heavy (non-hydrogen) atoms. The van der Waals surface area contributed by atoms with Crippen molar-refractivity contribution in [3.8, 4) is 11.5 Å². The Morgan fingerprint density at radius 3 is 2.93 bits per heavy atom. The normalized spacial score (nSPS) is 11.0. The molecular weight excluding hydrogens is 368 g/mol. The summed E-state index contributed by atoms with van der Waals surface area (Å²) in [5.74, 6) is 0.694. The summed E-state index contributed by atoms with van der Waals surface area (Å²) in [4.78, 5) is 28.7. The van der Waals surface area contributed by atoms with Gasteiger partial charge in [0.15, 0.2) is 16.5 Å². The molecule has 0 radical (unpaired) electrons. The second kappa shape index (κ2) is 8.50. The molecule has 0 saturated carbocycles. The van der Waals surface area contributed by atoms with Crippen molar-refractivity contribution < 1.29 is 19.0 Å². The summed E-state index contributed by atoms with van der Waals surface area (Å²) in [5.41, 5.74) is 0.976. The highest BCUT2D eigenvalue weighted by molar-refractivity contribution is 7.15. The van der Waals surface area contributed by atoms with Gasteiger partial charge >= 0.3 is 5.97 Å². The van der Waals surface area contributed by atoms with Crippen LogP contribution in [0.1, 0.15) is 18.2 Å². The van der Waals surface area contributed by atoms with Crippen LogP contribution in [0.5, 0.6) is 11.5 Å². The molecule has 0 bridgehead atoms. The maximum atomic E-state index is 11.9. The van der Waals surface area contributed by atoms with E-state index in [0.717, 1.165) is 5.56 Å². The van der Waals surface area contributed by atoms with Crippen LogP contribution in [-0.2, 0) is 16.1 Å². The number of methoxy groups -OCH3 is 1. The number of fused-ring (bicyclic) bond motifs is 1. The fraction of sp³-hybridized carbons (Fsp3) is 0.211. The average molecular weight is 386 g/mol. The third-order valence-electron chi connectivity index (χ3n) is 3.62. The molecule has 0 N–H and O–H groups in total. The van der Waals surface area contributed by atoms with Crippen LogP contribution >= 0.6 is 11.3 Å². The molecule has 0 spiro atoms. The number of aromatic nitrogens is 2. The van der Waals surface area contributed by atoms with E-state index in [1.165, 1.54) is 27.9 Å². The van der Waals surface area contributed by atoms with Crippen molar-refractivity contribution in [1.29, 1.82) is 0 Å². The van der Waals surface area contributed by atoms with Crippen LogP contribution in [-0.4, -0.2) is 29.1 Å². The van der Waals surface area contributed by atoms with Gasteiger partial charge in [-0.1, -0.05) is 6.07 Å². The van der Waals surface area contributed by atoms with E-state index in [4.69, 9.17) is 14.2 Å². The van der Waals surface area contributed by atoms with Gasteiger partial charge in [-0.15, -0.1) is 11.3 Å². The third kappa shape index (κ3) is 4.53. The lowest BCUT2D eigenvalue weighted by Crippen LogP contribution is -2.14. The van der Waals surface area contributed by atoms with E-state index in [1.807, 2.05) is 6.92 Å². The van der Waals surface area contributed by atoms with Gasteiger partial charge in [0, 0.05) is 23.7 Å². The van der Waals surface area contributed by atoms with Crippen LogP contribution < -0.4 is 15.0 Å². The monoisotopic (exact) mass is 386 g/mol. The lowest BCUT2D eigenvalue weighted by Gasteiger charge is -2.09. The zero-order valence-corrected chi connectivity index (χ0v) is 15.7. The Morgan fingerprint density at radius 2 is 2.15 bits per heavy atom. The van der Waals surface area contributed by atoms with Gasteiger partial charge < -0.3 is 14.2 Å². The fourth-order valence-corrected chi connectivity index (χ4v) is 3.12. The lowest BCUT2D eigenvalue weighted by molar-refractivity contribution is -0.139. The summed E-state index contributed by atoms with van der Waals surface area (Å²) in [5, 5.41) is 1.77. The topological polar surface area (TPSA) is 79.1 Å². The van der Waals surface area contributed by atoms with E-state index in [-0.39, 0.29) is 12.2 Å². The first kappa shape index (κ1) is 18.7. The second-order valence-corrected chi connectivity index (χ2v) is 6.30. The van der Waals surface area contributed by atoms with E-state index >= 15 is 0 Å². The molecule has 0 unspecified atom stereocenters. The Hall–Kier alpha value is -3.13. The third-order valence-corrected chi connectivity index (χ3v) is 4.37. The minimum Gasteiger partial charge on any atom is -0.493 e. The molecule has 0 aliphatic carbocycles. The zero-order valence-electron chi connectivity index (χ0n) is 14.9. The molecule has 3 aromatic rings. The molecule has 3 rings (SSSR count). The Morgan fingerprint density at radius 1 is 1.30 bits per heavy atom. The second-order valence-electron chi connectivity index (χ2n) is 5.43. The van der Waals surface area contributed by atoms with Crippen LogP contribution in [0.3, 0.4) is 0 Å². The van der Waals surface area contributed by atoms with Crippen LogP contribution in [0.15, 0.2) is 46.7 Å². The summed E-state index contributed by atoms with van der Waals surface area (Å²) in [6, 6.07) is 6.70. The molecule has 140 valence electrons. The van der Waals surface area contributed by atoms with Crippen molar-refractivity contribution in [2.45, 2.75) is 13.5 Å². The van der Waals surface area contributed by atoms with Gasteiger partial charge in [0.2, 0.25) is 0 Å². The highest BCUT2D eigenvalue weighted by Gasteiger charge is 2.07. The lowest BCUT2D eigenvalue weighted by atomic mass is 10.2. The molecule has 7 nitrogen and oxygen atoms in total. The molecule has 2 aromatic heterocycles. The van der Waals surface area contributed by atoms with E-state index < -0.39 is 5.97 Å². The van der Waals surface area contributed by atoms with Crippen molar-refractivity contribution >= 4 is 28.3 Å². The predicted octanol–water partition coefficient (Wildman–Crippen LogP) is 2.92. The first-order valence-corrected chi connectivity index (χ1v) is 9.10. The molecule has 0 atom stereocenters. The van der Waals surface area contributed by atoms with Crippen molar-refractivity contribution in [1.82, 2.24) is 9.38 Å². The fourth-order valence-electron chi connectivity index (χ4n) is 2.38. The zero-order chi connectivity index (χ0) is 19.2. The Balaban J connectivity index is 1.64. The van der Waals surface area contributed by atoms with Crippen LogP contribution in [0.4, 0.5) is 0 Å². The first-order chi connectivity index (χ1) is 13.1. The number of benzene rings is 1. The summed E-state index contributed by atoms with van der Waals surface area (Å²) >= 11 is 1.34. The number of esters is 1. The minimum atomic E-state index is -0.531. The SMILES string of the molecule is CCOc1cc(/C=C/C(=O)OCc2cc(=O)n3ccsc3n2)ccc1OC. The summed E-state index contributed by atoms with van der Waals surface area (Å²) in [6.45, 7) is 2.32. The highest BCUT2D eigenvalue weighted by atomic mass is 32.1. The average Bonchev–Trinajstić information content (AvgIpc) is 3.14. The van der Waals surface area contributed by atoms with Gasteiger partial charge in [-0.25, -0.2) is 9.78 Å².